The first kappa shape index (κ1) is 17.0. The van der Waals surface area contributed by atoms with Crippen LogP contribution in [-0.2, 0) is 11.2 Å². The van der Waals surface area contributed by atoms with Gasteiger partial charge < -0.3 is 15.4 Å². The molecule has 1 amide bonds. The molecule has 2 aromatic carbocycles. The fourth-order valence-corrected chi connectivity index (χ4v) is 3.03. The van der Waals surface area contributed by atoms with Crippen LogP contribution in [0.5, 0.6) is 5.75 Å². The van der Waals surface area contributed by atoms with Crippen molar-refractivity contribution in [2.75, 3.05) is 17.2 Å². The summed E-state index contributed by atoms with van der Waals surface area (Å²) in [7, 11) is 0. The molecule has 0 aliphatic rings. The van der Waals surface area contributed by atoms with Crippen LogP contribution < -0.4 is 15.4 Å². The molecule has 2 N–H and O–H groups in total. The van der Waals surface area contributed by atoms with Gasteiger partial charge in [0.15, 0.2) is 5.13 Å². The number of nitrogens with one attached hydrogen (secondary N) is 2. The van der Waals surface area contributed by atoms with Crippen molar-refractivity contribution in [2.24, 2.45) is 0 Å². The number of carbonyl (C=O) groups excluding carboxylic acids is 1. The number of aromatic nitrogens is 1. The molecule has 25 heavy (non-hydrogen) atoms. The van der Waals surface area contributed by atoms with Gasteiger partial charge in [-0.25, -0.2) is 4.98 Å². The third-order valence-corrected chi connectivity index (χ3v) is 4.19. The van der Waals surface area contributed by atoms with Crippen LogP contribution in [0, 0.1) is 0 Å². The number of para-hydroxylation sites is 3. The number of nitrogens with zero attached hydrogens (tertiary/aromatic N) is 1. The van der Waals surface area contributed by atoms with Gasteiger partial charge in [0, 0.05) is 11.1 Å². The molecule has 0 bridgehead atoms. The van der Waals surface area contributed by atoms with Crippen LogP contribution in [-0.4, -0.2) is 17.5 Å². The molecule has 0 saturated carbocycles. The zero-order valence-electron chi connectivity index (χ0n) is 13.9. The molecule has 5 nitrogen and oxygen atoms in total. The first-order valence-electron chi connectivity index (χ1n) is 8.02. The molecule has 1 heterocycles. The van der Waals surface area contributed by atoms with Gasteiger partial charge in [0.2, 0.25) is 5.91 Å². The fourth-order valence-electron chi connectivity index (χ4n) is 2.30. The van der Waals surface area contributed by atoms with Crippen molar-refractivity contribution >= 4 is 33.8 Å². The van der Waals surface area contributed by atoms with Crippen molar-refractivity contribution in [3.8, 4) is 5.75 Å². The Balaban J connectivity index is 1.60. The van der Waals surface area contributed by atoms with E-state index in [1.165, 1.54) is 11.3 Å². The fraction of sp³-hybridized carbons (Fsp3) is 0.158. The number of rotatable bonds is 7. The highest BCUT2D eigenvalue weighted by Gasteiger charge is 2.11. The van der Waals surface area contributed by atoms with E-state index in [1.807, 2.05) is 66.9 Å². The molecule has 3 rings (SSSR count). The minimum absolute atomic E-state index is 0.122. The van der Waals surface area contributed by atoms with E-state index in [-0.39, 0.29) is 12.3 Å². The van der Waals surface area contributed by atoms with Crippen molar-refractivity contribution in [3.63, 3.8) is 0 Å². The lowest BCUT2D eigenvalue weighted by Crippen LogP contribution is -2.15. The summed E-state index contributed by atoms with van der Waals surface area (Å²) in [6.45, 7) is 2.46. The average molecular weight is 353 g/mol. The quantitative estimate of drug-likeness (QED) is 0.658. The predicted octanol–water partition coefficient (Wildman–Crippen LogP) is 4.47. The van der Waals surface area contributed by atoms with E-state index in [2.05, 4.69) is 15.6 Å². The number of hydrogen-bond acceptors (Lipinski definition) is 5. The highest BCUT2D eigenvalue weighted by Crippen LogP contribution is 2.24. The Morgan fingerprint density at radius 2 is 1.88 bits per heavy atom. The highest BCUT2D eigenvalue weighted by molar-refractivity contribution is 7.13. The molecule has 0 fully saturated rings. The third-order valence-electron chi connectivity index (χ3n) is 3.38. The minimum Gasteiger partial charge on any atom is -0.492 e. The Kier molecular flexibility index (Phi) is 5.64. The largest absolute Gasteiger partial charge is 0.492 e. The van der Waals surface area contributed by atoms with Crippen molar-refractivity contribution < 1.29 is 9.53 Å². The Morgan fingerprint density at radius 1 is 1.12 bits per heavy atom. The van der Waals surface area contributed by atoms with Crippen molar-refractivity contribution in [3.05, 3.63) is 65.7 Å². The van der Waals surface area contributed by atoms with E-state index < -0.39 is 0 Å². The van der Waals surface area contributed by atoms with Gasteiger partial charge in [0.1, 0.15) is 5.75 Å². The molecular formula is C19H19N3O2S. The predicted molar refractivity (Wildman–Crippen MR) is 102 cm³/mol. The summed E-state index contributed by atoms with van der Waals surface area (Å²) in [6.07, 6.45) is 0.216. The number of ether oxygens (including phenoxy) is 1. The van der Waals surface area contributed by atoms with Gasteiger partial charge in [0.25, 0.3) is 0 Å². The van der Waals surface area contributed by atoms with E-state index in [4.69, 9.17) is 4.74 Å². The first-order chi connectivity index (χ1) is 12.2. The number of amides is 1. The van der Waals surface area contributed by atoms with E-state index in [9.17, 15) is 4.79 Å². The monoisotopic (exact) mass is 353 g/mol. The summed E-state index contributed by atoms with van der Waals surface area (Å²) in [5.74, 6) is 0.548. The number of anilines is 3. The van der Waals surface area contributed by atoms with Crippen LogP contribution >= 0.6 is 11.3 Å². The maximum absolute atomic E-state index is 12.3. The SMILES string of the molecule is CCOc1ccccc1NC(=O)Cc1csc(Nc2ccccc2)n1. The summed E-state index contributed by atoms with van der Waals surface area (Å²) >= 11 is 1.48. The molecule has 1 aromatic heterocycles. The molecule has 0 unspecified atom stereocenters. The van der Waals surface area contributed by atoms with Gasteiger partial charge in [-0.3, -0.25) is 4.79 Å². The lowest BCUT2D eigenvalue weighted by Gasteiger charge is -2.10. The Morgan fingerprint density at radius 3 is 2.68 bits per heavy atom. The second kappa shape index (κ2) is 8.30. The van der Waals surface area contributed by atoms with Gasteiger partial charge in [-0.1, -0.05) is 30.3 Å². The standard InChI is InChI=1S/C19H19N3O2S/c1-2-24-17-11-7-6-10-16(17)22-18(23)12-15-13-25-19(21-15)20-14-8-4-3-5-9-14/h3-11,13H,2,12H2,1H3,(H,20,21)(H,22,23). The summed E-state index contributed by atoms with van der Waals surface area (Å²) in [5.41, 5.74) is 2.38. The molecule has 3 aromatic rings. The second-order valence-electron chi connectivity index (χ2n) is 5.29. The van der Waals surface area contributed by atoms with E-state index in [0.29, 0.717) is 18.0 Å². The first-order valence-corrected chi connectivity index (χ1v) is 8.90. The van der Waals surface area contributed by atoms with Crippen LogP contribution in [0.4, 0.5) is 16.5 Å². The summed E-state index contributed by atoms with van der Waals surface area (Å²) in [4.78, 5) is 16.7. The van der Waals surface area contributed by atoms with Gasteiger partial charge in [-0.05, 0) is 31.2 Å². The maximum Gasteiger partial charge on any atom is 0.230 e. The van der Waals surface area contributed by atoms with E-state index in [1.54, 1.807) is 0 Å². The van der Waals surface area contributed by atoms with Gasteiger partial charge in [-0.2, -0.15) is 0 Å². The molecule has 0 aliphatic carbocycles. The van der Waals surface area contributed by atoms with E-state index in [0.717, 1.165) is 16.5 Å². The molecule has 0 radical (unpaired) electrons. The summed E-state index contributed by atoms with van der Waals surface area (Å²) in [6, 6.07) is 17.2. The summed E-state index contributed by atoms with van der Waals surface area (Å²) < 4.78 is 5.52. The lowest BCUT2D eigenvalue weighted by atomic mass is 10.2. The van der Waals surface area contributed by atoms with Gasteiger partial charge in [-0.15, -0.1) is 11.3 Å². The molecular weight excluding hydrogens is 334 g/mol. The van der Waals surface area contributed by atoms with Crippen molar-refractivity contribution in [1.82, 2.24) is 4.98 Å². The van der Waals surface area contributed by atoms with Crippen LogP contribution in [0.2, 0.25) is 0 Å². The molecule has 0 saturated heterocycles. The van der Waals surface area contributed by atoms with E-state index >= 15 is 0 Å². The topological polar surface area (TPSA) is 63.2 Å². The normalized spacial score (nSPS) is 10.3. The highest BCUT2D eigenvalue weighted by atomic mass is 32.1. The smallest absolute Gasteiger partial charge is 0.230 e. The van der Waals surface area contributed by atoms with Crippen molar-refractivity contribution in [2.45, 2.75) is 13.3 Å². The molecule has 0 aliphatic heterocycles. The molecule has 0 spiro atoms. The Labute approximate surface area is 150 Å². The number of benzene rings is 2. The zero-order valence-corrected chi connectivity index (χ0v) is 14.7. The average Bonchev–Trinajstić information content (AvgIpc) is 3.04. The summed E-state index contributed by atoms with van der Waals surface area (Å²) in [5, 5.41) is 8.77. The van der Waals surface area contributed by atoms with Crippen LogP contribution in [0.1, 0.15) is 12.6 Å². The second-order valence-corrected chi connectivity index (χ2v) is 6.15. The molecule has 0 atom stereocenters. The third kappa shape index (κ3) is 4.81. The molecule has 128 valence electrons. The maximum atomic E-state index is 12.3. The Hall–Kier alpha value is -2.86. The van der Waals surface area contributed by atoms with Crippen LogP contribution in [0.3, 0.4) is 0 Å². The van der Waals surface area contributed by atoms with Crippen LogP contribution in [0.15, 0.2) is 60.0 Å². The number of thiazole rings is 1. The number of hydrogen-bond donors (Lipinski definition) is 2. The number of carbonyl (C=O) groups is 1. The van der Waals surface area contributed by atoms with Crippen LogP contribution in [0.25, 0.3) is 0 Å². The Bertz CT molecular complexity index is 833. The minimum atomic E-state index is -0.122. The lowest BCUT2D eigenvalue weighted by molar-refractivity contribution is -0.115. The zero-order chi connectivity index (χ0) is 17.5. The molecule has 6 heteroatoms. The van der Waals surface area contributed by atoms with Gasteiger partial charge in [0.05, 0.1) is 24.4 Å². The van der Waals surface area contributed by atoms with Crippen molar-refractivity contribution in [1.29, 1.82) is 0 Å². The van der Waals surface area contributed by atoms with Gasteiger partial charge >= 0.3 is 0 Å².